The number of benzene rings is 2. The number of oxime groups is 1. The minimum absolute atomic E-state index is 0.0519. The molecule has 1 heterocycles. The van der Waals surface area contributed by atoms with Crippen LogP contribution in [0.4, 0.5) is 5.69 Å². The monoisotopic (exact) mass is 509 g/mol. The molecule has 8 heteroatoms. The summed E-state index contributed by atoms with van der Waals surface area (Å²) in [7, 11) is 1.70. The summed E-state index contributed by atoms with van der Waals surface area (Å²) >= 11 is 0. The van der Waals surface area contributed by atoms with Crippen molar-refractivity contribution in [3.63, 3.8) is 0 Å². The molecule has 1 aromatic heterocycles. The van der Waals surface area contributed by atoms with Gasteiger partial charge in [-0.05, 0) is 31.5 Å². The number of nitro groups is 1. The Labute approximate surface area is 218 Å². The van der Waals surface area contributed by atoms with E-state index in [0.717, 1.165) is 46.8 Å². The third kappa shape index (κ3) is 7.38. The van der Waals surface area contributed by atoms with Gasteiger partial charge in [0.25, 0.3) is 5.69 Å². The number of carbonyl (C=O) groups is 1. The molecule has 3 aromatic rings. The number of hydrogen-bond donors (Lipinski definition) is 0. The number of hydrogen-bond acceptors (Lipinski definition) is 6. The van der Waals surface area contributed by atoms with E-state index in [1.54, 1.807) is 19.2 Å². The lowest BCUT2D eigenvalue weighted by atomic mass is 9.98. The highest BCUT2D eigenvalue weighted by Gasteiger charge is 2.18. The van der Waals surface area contributed by atoms with Crippen LogP contribution in [-0.4, -0.2) is 34.4 Å². The molecule has 0 aliphatic rings. The second kappa shape index (κ2) is 13.9. The number of methoxy groups -OCH3 is 1. The molecule has 2 aromatic carbocycles. The van der Waals surface area contributed by atoms with Gasteiger partial charge in [0.1, 0.15) is 0 Å². The predicted molar refractivity (Wildman–Crippen MR) is 148 cm³/mol. The van der Waals surface area contributed by atoms with Gasteiger partial charge in [-0.3, -0.25) is 10.1 Å². The maximum atomic E-state index is 11.6. The zero-order valence-corrected chi connectivity index (χ0v) is 22.5. The number of ether oxygens (including phenoxy) is 1. The van der Waals surface area contributed by atoms with E-state index >= 15 is 0 Å². The Balaban J connectivity index is 1.88. The Bertz CT molecular complexity index is 1250. The Kier molecular flexibility index (Phi) is 10.6. The highest BCUT2D eigenvalue weighted by Crippen LogP contribution is 2.33. The smallest absolute Gasteiger partial charge is 0.331 e. The summed E-state index contributed by atoms with van der Waals surface area (Å²) in [5.74, 6) is -0.488. The van der Waals surface area contributed by atoms with Crippen LogP contribution in [-0.2, 0) is 20.9 Å². The van der Waals surface area contributed by atoms with Crippen molar-refractivity contribution >= 4 is 39.2 Å². The molecule has 0 radical (unpaired) electrons. The summed E-state index contributed by atoms with van der Waals surface area (Å²) < 4.78 is 7.91. The van der Waals surface area contributed by atoms with E-state index in [9.17, 15) is 14.9 Å². The molecule has 0 amide bonds. The van der Waals surface area contributed by atoms with Crippen molar-refractivity contribution in [3.05, 3.63) is 52.1 Å². The van der Waals surface area contributed by atoms with Crippen molar-refractivity contribution in [1.29, 1.82) is 0 Å². The Hall–Kier alpha value is -3.26. The lowest BCUT2D eigenvalue weighted by Crippen LogP contribution is -2.18. The van der Waals surface area contributed by atoms with Crippen molar-refractivity contribution in [2.24, 2.45) is 5.16 Å². The van der Waals surface area contributed by atoms with Crippen molar-refractivity contribution in [3.8, 4) is 0 Å². The third-order valence-corrected chi connectivity index (χ3v) is 6.88. The van der Waals surface area contributed by atoms with Gasteiger partial charge < -0.3 is 14.1 Å². The first-order valence-electron chi connectivity index (χ1n) is 13.4. The molecule has 8 nitrogen and oxygen atoms in total. The van der Waals surface area contributed by atoms with Gasteiger partial charge in [-0.1, -0.05) is 63.1 Å². The number of aryl methyl sites for hydroxylation is 1. The van der Waals surface area contributed by atoms with Gasteiger partial charge >= 0.3 is 5.97 Å². The van der Waals surface area contributed by atoms with E-state index in [1.165, 1.54) is 51.5 Å². The molecular weight excluding hydrogens is 470 g/mol. The van der Waals surface area contributed by atoms with Crippen LogP contribution in [0.25, 0.3) is 21.8 Å². The molecule has 0 fully saturated rings. The van der Waals surface area contributed by atoms with Gasteiger partial charge in [-0.15, -0.1) is 0 Å². The first-order chi connectivity index (χ1) is 17.9. The minimum atomic E-state index is -0.488. The zero-order valence-electron chi connectivity index (χ0n) is 22.5. The largest absolute Gasteiger partial charge is 0.381 e. The van der Waals surface area contributed by atoms with Gasteiger partial charge in [0.2, 0.25) is 0 Å². The van der Waals surface area contributed by atoms with E-state index in [-0.39, 0.29) is 16.7 Å². The second-order valence-electron chi connectivity index (χ2n) is 9.53. The molecule has 0 aliphatic carbocycles. The molecule has 0 spiro atoms. The second-order valence-corrected chi connectivity index (χ2v) is 9.53. The Morgan fingerprint density at radius 2 is 1.65 bits per heavy atom. The lowest BCUT2D eigenvalue weighted by Gasteiger charge is -2.17. The number of unbranched alkanes of at least 4 members (excludes halogenated alkanes) is 6. The lowest BCUT2D eigenvalue weighted by molar-refractivity contribution is -0.384. The molecule has 200 valence electrons. The normalized spacial score (nSPS) is 12.8. The molecule has 1 unspecified atom stereocenters. The van der Waals surface area contributed by atoms with Crippen molar-refractivity contribution in [2.45, 2.75) is 91.2 Å². The highest BCUT2D eigenvalue weighted by molar-refractivity contribution is 6.12. The molecule has 0 bridgehead atoms. The maximum absolute atomic E-state index is 11.6. The van der Waals surface area contributed by atoms with Crippen LogP contribution in [0.3, 0.4) is 0 Å². The summed E-state index contributed by atoms with van der Waals surface area (Å²) in [6.07, 6.45) is 9.92. The number of rotatable bonds is 15. The fraction of sp³-hybridized carbons (Fsp3) is 0.517. The van der Waals surface area contributed by atoms with Gasteiger partial charge in [0.05, 0.1) is 16.7 Å². The van der Waals surface area contributed by atoms with Crippen molar-refractivity contribution < 1.29 is 19.3 Å². The van der Waals surface area contributed by atoms with Crippen LogP contribution in [0.2, 0.25) is 0 Å². The molecule has 37 heavy (non-hydrogen) atoms. The number of non-ortho nitro benzene ring substituents is 1. The summed E-state index contributed by atoms with van der Waals surface area (Å²) in [5.41, 5.74) is 3.40. The first-order valence-corrected chi connectivity index (χ1v) is 13.4. The molecule has 0 saturated heterocycles. The summed E-state index contributed by atoms with van der Waals surface area (Å²) in [5, 5.41) is 17.3. The van der Waals surface area contributed by atoms with Gasteiger partial charge in [0.15, 0.2) is 0 Å². The Morgan fingerprint density at radius 3 is 2.27 bits per heavy atom. The Morgan fingerprint density at radius 1 is 1.00 bits per heavy atom. The SMILES string of the molecule is CCCCCCCCCC(CC(=NOC(C)=O)c1ccc2c(c1)c1cc([N+](=O)[O-])ccc1n2CC)OC. The van der Waals surface area contributed by atoms with Crippen LogP contribution in [0, 0.1) is 10.1 Å². The van der Waals surface area contributed by atoms with E-state index in [4.69, 9.17) is 9.57 Å². The van der Waals surface area contributed by atoms with Gasteiger partial charge in [-0.25, -0.2) is 4.79 Å². The molecule has 1 atom stereocenters. The van der Waals surface area contributed by atoms with Crippen LogP contribution in [0.5, 0.6) is 0 Å². The summed E-state index contributed by atoms with van der Waals surface area (Å²) in [6.45, 7) is 6.33. The quantitative estimate of drug-likeness (QED) is 0.0693. The average molecular weight is 510 g/mol. The number of nitrogens with zero attached hydrogens (tertiary/aromatic N) is 3. The molecule has 3 rings (SSSR count). The maximum Gasteiger partial charge on any atom is 0.331 e. The minimum Gasteiger partial charge on any atom is -0.381 e. The zero-order chi connectivity index (χ0) is 26.8. The molecular formula is C29H39N3O5. The van der Waals surface area contributed by atoms with Gasteiger partial charge in [-0.2, -0.15) is 0 Å². The average Bonchev–Trinajstić information content (AvgIpc) is 3.21. The molecule has 0 saturated carbocycles. The first kappa shape index (κ1) is 28.3. The summed E-state index contributed by atoms with van der Waals surface area (Å²) in [6, 6.07) is 10.9. The number of fused-ring (bicyclic) bond motifs is 3. The predicted octanol–water partition coefficient (Wildman–Crippen LogP) is 7.54. The van der Waals surface area contributed by atoms with E-state index < -0.39 is 5.97 Å². The van der Waals surface area contributed by atoms with Crippen molar-refractivity contribution in [2.75, 3.05) is 7.11 Å². The summed E-state index contributed by atoms with van der Waals surface area (Å²) in [4.78, 5) is 27.7. The fourth-order valence-electron chi connectivity index (χ4n) is 4.90. The van der Waals surface area contributed by atoms with Crippen LogP contribution in [0.15, 0.2) is 41.6 Å². The molecule has 0 N–H and O–H groups in total. The molecule has 0 aliphatic heterocycles. The van der Waals surface area contributed by atoms with E-state index in [2.05, 4.69) is 23.6 Å². The van der Waals surface area contributed by atoms with Crippen LogP contribution in [0.1, 0.15) is 84.1 Å². The number of nitro benzene ring substituents is 1. The third-order valence-electron chi connectivity index (χ3n) is 6.88. The van der Waals surface area contributed by atoms with Crippen LogP contribution < -0.4 is 0 Å². The van der Waals surface area contributed by atoms with E-state index in [0.29, 0.717) is 12.1 Å². The topological polar surface area (TPSA) is 96.0 Å². The van der Waals surface area contributed by atoms with Gasteiger partial charge in [0, 0.05) is 66.5 Å². The standard InChI is InChI=1S/C29H39N3O5/c1-5-7-8-9-10-11-12-13-24(36-4)20-27(30-37-21(3)33)22-14-16-28-25(18-22)26-19-23(32(34)35)15-17-29(26)31(28)6-2/h14-19,24H,5-13,20H2,1-4H3. The number of carbonyl (C=O) groups excluding carboxylic acids is 1. The fourth-order valence-corrected chi connectivity index (χ4v) is 4.90. The number of aromatic nitrogens is 1. The van der Waals surface area contributed by atoms with E-state index in [1.807, 2.05) is 18.2 Å². The van der Waals surface area contributed by atoms with Crippen LogP contribution >= 0.6 is 0 Å². The van der Waals surface area contributed by atoms with Crippen molar-refractivity contribution in [1.82, 2.24) is 4.57 Å². The highest BCUT2D eigenvalue weighted by atomic mass is 16.7.